The van der Waals surface area contributed by atoms with E-state index in [4.69, 9.17) is 19.3 Å². The number of benzene rings is 1. The largest absolute Gasteiger partial charge is 0.444 e. The Morgan fingerprint density at radius 2 is 1.77 bits per heavy atom. The Morgan fingerprint density at radius 1 is 1.12 bits per heavy atom. The van der Waals surface area contributed by atoms with Crippen molar-refractivity contribution in [2.75, 3.05) is 51.6 Å². The Bertz CT molecular complexity index is 1740. The van der Waals surface area contributed by atoms with Gasteiger partial charge in [0.25, 0.3) is 0 Å². The second-order valence-electron chi connectivity index (χ2n) is 17.3. The van der Waals surface area contributed by atoms with Gasteiger partial charge in [-0.25, -0.2) is 13.2 Å². The molecule has 1 aliphatic carbocycles. The molecule has 2 saturated heterocycles. The quantitative estimate of drug-likeness (QED) is 0.109. The number of methoxy groups -OCH3 is 1. The lowest BCUT2D eigenvalue weighted by atomic mass is 10.1. The molecule has 15 heteroatoms. The first-order chi connectivity index (χ1) is 24.2. The zero-order valence-electron chi connectivity index (χ0n) is 32.8. The lowest BCUT2D eigenvalue weighted by Crippen LogP contribution is -2.59. The van der Waals surface area contributed by atoms with Crippen LogP contribution in [-0.4, -0.2) is 128 Å². The molecule has 13 nitrogen and oxygen atoms in total. The molecule has 1 saturated carbocycles. The number of likely N-dealkylation sites (tertiary alicyclic amines) is 1. The van der Waals surface area contributed by atoms with Crippen LogP contribution in [0.25, 0.3) is 10.9 Å². The van der Waals surface area contributed by atoms with Gasteiger partial charge in [0.2, 0.25) is 15.9 Å². The Kier molecular flexibility index (Phi) is 11.6. The van der Waals surface area contributed by atoms with E-state index in [-0.39, 0.29) is 47.8 Å². The topological polar surface area (TPSA) is 127 Å². The summed E-state index contributed by atoms with van der Waals surface area (Å²) < 4.78 is 50.4. The maximum atomic E-state index is 14.8. The van der Waals surface area contributed by atoms with E-state index >= 15 is 0 Å². The normalized spacial score (nSPS) is 23.8. The van der Waals surface area contributed by atoms with Gasteiger partial charge >= 0.3 is 6.09 Å². The number of hydrogen-bond donors (Lipinski definition) is 0. The number of rotatable bonds is 13. The van der Waals surface area contributed by atoms with Crippen LogP contribution in [0.5, 0.6) is 0 Å². The van der Waals surface area contributed by atoms with Crippen molar-refractivity contribution in [3.63, 3.8) is 0 Å². The van der Waals surface area contributed by atoms with Crippen molar-refractivity contribution in [1.82, 2.24) is 23.9 Å². The molecular formula is C37H60N6O7SSi. The summed E-state index contributed by atoms with van der Waals surface area (Å²) in [5.74, 6) is -0.182. The molecule has 290 valence electrons. The number of aromatic nitrogens is 2. The van der Waals surface area contributed by atoms with Crippen LogP contribution in [-0.2, 0) is 29.0 Å². The van der Waals surface area contributed by atoms with Crippen LogP contribution in [0.1, 0.15) is 66.8 Å². The summed E-state index contributed by atoms with van der Waals surface area (Å²) >= 11 is 0. The Labute approximate surface area is 311 Å². The Balaban J connectivity index is 1.57. The van der Waals surface area contributed by atoms with Crippen molar-refractivity contribution < 1.29 is 32.2 Å². The molecule has 0 radical (unpaired) electrons. The van der Waals surface area contributed by atoms with Gasteiger partial charge in [0, 0.05) is 58.0 Å². The van der Waals surface area contributed by atoms with E-state index in [0.717, 1.165) is 30.0 Å². The van der Waals surface area contributed by atoms with E-state index < -0.39 is 29.2 Å². The lowest BCUT2D eigenvalue weighted by molar-refractivity contribution is -0.127. The average molecular weight is 761 g/mol. The van der Waals surface area contributed by atoms with Gasteiger partial charge in [-0.1, -0.05) is 26.2 Å². The fourth-order valence-electron chi connectivity index (χ4n) is 7.40. The first-order valence-corrected chi connectivity index (χ1v) is 23.6. The number of sulfonamides is 1. The highest BCUT2D eigenvalue weighted by Gasteiger charge is 2.50. The van der Waals surface area contributed by atoms with Crippen LogP contribution >= 0.6 is 0 Å². The second-order valence-corrected chi connectivity index (χ2v) is 24.8. The molecule has 0 spiro atoms. The van der Waals surface area contributed by atoms with Gasteiger partial charge in [-0.2, -0.15) is 9.40 Å². The summed E-state index contributed by atoms with van der Waals surface area (Å²) in [5.41, 5.74) is 0.240. The van der Waals surface area contributed by atoms with E-state index in [2.05, 4.69) is 31.1 Å². The molecule has 0 N–H and O–H groups in total. The van der Waals surface area contributed by atoms with Crippen LogP contribution in [0.15, 0.2) is 35.9 Å². The summed E-state index contributed by atoms with van der Waals surface area (Å²) in [4.78, 5) is 32.0. The minimum absolute atomic E-state index is 0.0154. The predicted octanol–water partition coefficient (Wildman–Crippen LogP) is 5.70. The van der Waals surface area contributed by atoms with E-state index in [1.54, 1.807) is 35.2 Å². The number of piperazine rings is 1. The molecule has 4 atom stereocenters. The predicted molar refractivity (Wildman–Crippen MR) is 206 cm³/mol. The van der Waals surface area contributed by atoms with Crippen molar-refractivity contribution in [3.05, 3.63) is 31.0 Å². The number of carbonyl (C=O) groups is 2. The number of carbonyl (C=O) groups excluding carboxylic acids is 2. The van der Waals surface area contributed by atoms with Crippen molar-refractivity contribution in [2.45, 2.75) is 127 Å². The van der Waals surface area contributed by atoms with Crippen molar-refractivity contribution in [3.8, 4) is 0 Å². The van der Waals surface area contributed by atoms with Crippen LogP contribution in [0.2, 0.25) is 25.7 Å². The molecule has 0 unspecified atom stereocenters. The third kappa shape index (κ3) is 8.69. The standard InChI is InChI=1S/C37H60N6O7SSi/c1-12-34(44)40-23-28(17-29(40)24-48-8)43-33-19-30(51(46,47)41(37(7)13-14-37)25-49-15-16-52(9,10)11)18-32(31(33)20-38-43)39-21-26(2)42(27(3)22-39)35(45)50-36(4,5)6/h12,18-20,26-29H,1,13-17,21-25H2,2-11H3/t26-,27-,28+,29-/m0/s1. The van der Waals surface area contributed by atoms with Crippen molar-refractivity contribution >= 4 is 46.7 Å². The van der Waals surface area contributed by atoms with Gasteiger partial charge in [-0.3, -0.25) is 14.4 Å². The van der Waals surface area contributed by atoms with Crippen LogP contribution in [0, 0.1) is 0 Å². The minimum atomic E-state index is -4.03. The monoisotopic (exact) mass is 760 g/mol. The molecule has 5 rings (SSSR count). The number of nitrogens with zero attached hydrogens (tertiary/aromatic N) is 6. The van der Waals surface area contributed by atoms with E-state index in [1.807, 2.05) is 46.2 Å². The molecule has 3 aliphatic rings. The van der Waals surface area contributed by atoms with E-state index in [0.29, 0.717) is 44.8 Å². The van der Waals surface area contributed by atoms with E-state index in [9.17, 15) is 18.0 Å². The van der Waals surface area contributed by atoms with Gasteiger partial charge in [0.1, 0.15) is 12.3 Å². The van der Waals surface area contributed by atoms with Crippen LogP contribution < -0.4 is 4.90 Å². The Morgan fingerprint density at radius 3 is 2.33 bits per heavy atom. The summed E-state index contributed by atoms with van der Waals surface area (Å²) in [7, 11) is -3.80. The Hall–Kier alpha value is -2.98. The maximum Gasteiger partial charge on any atom is 0.410 e. The fraction of sp³-hybridized carbons (Fsp3) is 0.703. The molecule has 3 heterocycles. The number of amides is 2. The van der Waals surface area contributed by atoms with Gasteiger partial charge in [0.15, 0.2) is 0 Å². The summed E-state index contributed by atoms with van der Waals surface area (Å²) in [5, 5.41) is 5.66. The lowest BCUT2D eigenvalue weighted by Gasteiger charge is -2.45. The number of fused-ring (bicyclic) bond motifs is 1. The number of ether oxygens (including phenoxy) is 3. The third-order valence-corrected chi connectivity index (χ3v) is 14.1. The summed E-state index contributed by atoms with van der Waals surface area (Å²) in [6.07, 6.45) is 4.85. The highest BCUT2D eigenvalue weighted by atomic mass is 32.2. The smallest absolute Gasteiger partial charge is 0.410 e. The maximum absolute atomic E-state index is 14.8. The molecule has 0 bridgehead atoms. The first kappa shape index (κ1) is 40.2. The number of hydrogen-bond acceptors (Lipinski definition) is 9. The highest BCUT2D eigenvalue weighted by molar-refractivity contribution is 7.89. The van der Waals surface area contributed by atoms with Gasteiger partial charge < -0.3 is 24.0 Å². The molecule has 52 heavy (non-hydrogen) atoms. The third-order valence-electron chi connectivity index (χ3n) is 10.5. The molecule has 2 amide bonds. The van der Waals surface area contributed by atoms with Crippen LogP contribution in [0.3, 0.4) is 0 Å². The number of anilines is 1. The molecule has 3 fully saturated rings. The van der Waals surface area contributed by atoms with Crippen molar-refractivity contribution in [2.24, 2.45) is 0 Å². The zero-order chi connectivity index (χ0) is 38.4. The molecule has 1 aromatic carbocycles. The molecule has 1 aromatic heterocycles. The second kappa shape index (κ2) is 15.0. The fourth-order valence-corrected chi connectivity index (χ4v) is 9.91. The molecule has 2 aromatic rings. The SMILES string of the molecule is C=CC(=O)N1C[C@H](n2ncc3c(N4C[C@H](C)N(C(=O)OC(C)(C)C)[C@@H](C)C4)cc(S(=O)(=O)N(COCC[Si](C)(C)C)C4(C)CC4)cc32)C[C@H]1COC. The minimum Gasteiger partial charge on any atom is -0.444 e. The van der Waals surface area contributed by atoms with Gasteiger partial charge in [-0.15, -0.1) is 0 Å². The van der Waals surface area contributed by atoms with Crippen molar-refractivity contribution in [1.29, 1.82) is 0 Å². The summed E-state index contributed by atoms with van der Waals surface area (Å²) in [6, 6.07) is 3.62. The molecular weight excluding hydrogens is 701 g/mol. The highest BCUT2D eigenvalue weighted by Crippen LogP contribution is 2.45. The van der Waals surface area contributed by atoms with E-state index in [1.165, 1.54) is 10.4 Å². The van der Waals surface area contributed by atoms with Gasteiger partial charge in [-0.05, 0) is 85.1 Å². The zero-order valence-corrected chi connectivity index (χ0v) is 34.7. The van der Waals surface area contributed by atoms with Crippen LogP contribution in [0.4, 0.5) is 10.5 Å². The average Bonchev–Trinajstić information content (AvgIpc) is 3.42. The summed E-state index contributed by atoms with van der Waals surface area (Å²) in [6.45, 7) is 24.2. The van der Waals surface area contributed by atoms with Gasteiger partial charge in [0.05, 0.1) is 47.4 Å². The molecule has 2 aliphatic heterocycles. The first-order valence-electron chi connectivity index (χ1n) is 18.5.